The van der Waals surface area contributed by atoms with E-state index in [4.69, 9.17) is 18.8 Å². The smallest absolute Gasteiger partial charge is 0.493 e. The van der Waals surface area contributed by atoms with E-state index in [1.54, 1.807) is 12.1 Å². The van der Waals surface area contributed by atoms with Crippen LogP contribution in [0.25, 0.3) is 0 Å². The molecule has 0 atom stereocenters. The fourth-order valence-electron chi connectivity index (χ4n) is 2.26. The lowest BCUT2D eigenvalue weighted by molar-refractivity contribution is 0.00578. The van der Waals surface area contributed by atoms with Crippen molar-refractivity contribution in [2.45, 2.75) is 38.9 Å². The first-order valence-corrected chi connectivity index (χ1v) is 6.83. The molecule has 0 N–H and O–H groups in total. The van der Waals surface area contributed by atoms with Crippen LogP contribution in [0.3, 0.4) is 0 Å². The maximum absolute atomic E-state index is 11.1. The molecule has 114 valence electrons. The van der Waals surface area contributed by atoms with Gasteiger partial charge in [-0.1, -0.05) is 6.07 Å². The fraction of sp³-hybridized carbons (Fsp3) is 0.533. The van der Waals surface area contributed by atoms with E-state index < -0.39 is 18.3 Å². The van der Waals surface area contributed by atoms with Gasteiger partial charge in [-0.2, -0.15) is 0 Å². The quantitative estimate of drug-likeness (QED) is 0.626. The minimum Gasteiger partial charge on any atom is -0.493 e. The molecule has 2 rings (SSSR count). The normalized spacial score (nSPS) is 19.4. The van der Waals surface area contributed by atoms with Gasteiger partial charge in [0.05, 0.1) is 31.0 Å². The molecule has 0 amide bonds. The molecule has 0 radical (unpaired) electrons. The van der Waals surface area contributed by atoms with Crippen molar-refractivity contribution in [2.75, 3.05) is 14.2 Å². The molecule has 1 fully saturated rings. The molecule has 6 heteroatoms. The zero-order chi connectivity index (χ0) is 15.8. The number of rotatable bonds is 4. The highest BCUT2D eigenvalue weighted by atomic mass is 16.7. The highest BCUT2D eigenvalue weighted by Gasteiger charge is 2.52. The van der Waals surface area contributed by atoms with Crippen LogP contribution in [0.15, 0.2) is 12.1 Å². The van der Waals surface area contributed by atoms with Crippen molar-refractivity contribution in [2.24, 2.45) is 0 Å². The van der Waals surface area contributed by atoms with Crippen LogP contribution in [-0.2, 0) is 9.31 Å². The number of hydrogen-bond acceptors (Lipinski definition) is 5. The van der Waals surface area contributed by atoms with E-state index >= 15 is 0 Å². The number of ether oxygens (including phenoxy) is 2. The van der Waals surface area contributed by atoms with E-state index in [2.05, 4.69) is 0 Å². The van der Waals surface area contributed by atoms with Crippen molar-refractivity contribution < 1.29 is 23.6 Å². The molecule has 1 saturated heterocycles. The number of hydrogen-bond donors (Lipinski definition) is 0. The van der Waals surface area contributed by atoms with E-state index in [-0.39, 0.29) is 0 Å². The van der Waals surface area contributed by atoms with Gasteiger partial charge in [0.15, 0.2) is 17.8 Å². The predicted octanol–water partition coefficient (Wildman–Crippen LogP) is 1.82. The lowest BCUT2D eigenvalue weighted by atomic mass is 9.77. The second kappa shape index (κ2) is 5.35. The second-order valence-corrected chi connectivity index (χ2v) is 6.02. The van der Waals surface area contributed by atoms with Crippen LogP contribution in [0.1, 0.15) is 38.1 Å². The van der Waals surface area contributed by atoms with E-state index in [0.29, 0.717) is 22.5 Å². The molecular weight excluding hydrogens is 271 g/mol. The topological polar surface area (TPSA) is 54.0 Å². The van der Waals surface area contributed by atoms with Gasteiger partial charge >= 0.3 is 7.12 Å². The standard InChI is InChI=1S/C15H21BO5/c1-14(2)15(3,4)21-16(20-14)11-8-7-10(9-17)12(18-5)13(11)19-6/h7-9H,1-6H3. The summed E-state index contributed by atoms with van der Waals surface area (Å²) in [5.41, 5.74) is 0.242. The number of benzene rings is 1. The molecule has 21 heavy (non-hydrogen) atoms. The van der Waals surface area contributed by atoms with E-state index in [1.165, 1.54) is 14.2 Å². The summed E-state index contributed by atoms with van der Waals surface area (Å²) in [6.07, 6.45) is 0.732. The van der Waals surface area contributed by atoms with E-state index in [9.17, 15) is 4.79 Å². The lowest BCUT2D eigenvalue weighted by Crippen LogP contribution is -2.41. The van der Waals surface area contributed by atoms with Crippen molar-refractivity contribution in [3.05, 3.63) is 17.7 Å². The van der Waals surface area contributed by atoms with Crippen LogP contribution in [0.5, 0.6) is 11.5 Å². The Kier molecular flexibility index (Phi) is 4.04. The number of carbonyl (C=O) groups excluding carboxylic acids is 1. The van der Waals surface area contributed by atoms with Crippen molar-refractivity contribution >= 4 is 18.9 Å². The highest BCUT2D eigenvalue weighted by molar-refractivity contribution is 6.63. The molecule has 1 heterocycles. The van der Waals surface area contributed by atoms with Gasteiger partial charge in [0.2, 0.25) is 0 Å². The summed E-state index contributed by atoms with van der Waals surface area (Å²) >= 11 is 0. The summed E-state index contributed by atoms with van der Waals surface area (Å²) in [6, 6.07) is 3.45. The molecule has 0 unspecified atom stereocenters. The number of carbonyl (C=O) groups is 1. The van der Waals surface area contributed by atoms with Crippen molar-refractivity contribution in [1.82, 2.24) is 0 Å². The molecule has 1 aromatic carbocycles. The predicted molar refractivity (Wildman–Crippen MR) is 80.6 cm³/mol. The lowest BCUT2D eigenvalue weighted by Gasteiger charge is -2.32. The molecule has 0 aliphatic carbocycles. The van der Waals surface area contributed by atoms with Gasteiger partial charge in [-0.3, -0.25) is 4.79 Å². The maximum atomic E-state index is 11.1. The summed E-state index contributed by atoms with van der Waals surface area (Å²) in [4.78, 5) is 11.1. The summed E-state index contributed by atoms with van der Waals surface area (Å²) in [5.74, 6) is 0.848. The first-order valence-electron chi connectivity index (χ1n) is 6.83. The van der Waals surface area contributed by atoms with Crippen molar-refractivity contribution in [3.63, 3.8) is 0 Å². The first kappa shape index (κ1) is 15.9. The van der Waals surface area contributed by atoms with Gasteiger partial charge in [0.1, 0.15) is 0 Å². The minimum atomic E-state index is -0.570. The molecule has 0 spiro atoms. The minimum absolute atomic E-state index is 0.389. The Balaban J connectivity index is 2.49. The summed E-state index contributed by atoms with van der Waals surface area (Å²) < 4.78 is 22.7. The maximum Gasteiger partial charge on any atom is 0.498 e. The third-order valence-electron chi connectivity index (χ3n) is 4.22. The molecule has 0 saturated carbocycles. The van der Waals surface area contributed by atoms with Gasteiger partial charge < -0.3 is 18.8 Å². The molecule has 1 aliphatic heterocycles. The zero-order valence-electron chi connectivity index (χ0n) is 13.4. The molecule has 1 aromatic rings. The van der Waals surface area contributed by atoms with Crippen LogP contribution in [0, 0.1) is 0 Å². The Morgan fingerprint density at radius 1 is 1.00 bits per heavy atom. The summed E-state index contributed by atoms with van der Waals surface area (Å²) in [5, 5.41) is 0. The molecular formula is C15H21BO5. The average molecular weight is 292 g/mol. The average Bonchev–Trinajstić information content (AvgIpc) is 2.65. The summed E-state index contributed by atoms with van der Waals surface area (Å²) in [7, 11) is 2.46. The second-order valence-electron chi connectivity index (χ2n) is 6.02. The number of methoxy groups -OCH3 is 2. The van der Waals surface area contributed by atoms with Gasteiger partial charge in [0, 0.05) is 5.46 Å². The Hall–Kier alpha value is -1.53. The SMILES string of the molecule is COc1c(C=O)ccc(B2OC(C)(C)C(C)(C)O2)c1OC. The van der Waals surface area contributed by atoms with Gasteiger partial charge in [0.25, 0.3) is 0 Å². The van der Waals surface area contributed by atoms with Gasteiger partial charge in [-0.05, 0) is 33.8 Å². The van der Waals surface area contributed by atoms with Crippen LogP contribution in [0.4, 0.5) is 0 Å². The van der Waals surface area contributed by atoms with E-state index in [0.717, 1.165) is 6.29 Å². The van der Waals surface area contributed by atoms with Crippen LogP contribution >= 0.6 is 0 Å². The van der Waals surface area contributed by atoms with Crippen molar-refractivity contribution in [3.8, 4) is 11.5 Å². The Labute approximate surface area is 125 Å². The number of aldehydes is 1. The monoisotopic (exact) mass is 292 g/mol. The van der Waals surface area contributed by atoms with Gasteiger partial charge in [-0.15, -0.1) is 0 Å². The third kappa shape index (κ3) is 2.54. The molecule has 0 aromatic heterocycles. The van der Waals surface area contributed by atoms with Crippen LogP contribution in [-0.4, -0.2) is 38.8 Å². The Morgan fingerprint density at radius 2 is 1.52 bits per heavy atom. The Bertz CT molecular complexity index is 537. The third-order valence-corrected chi connectivity index (χ3v) is 4.22. The first-order chi connectivity index (χ1) is 9.77. The summed E-state index contributed by atoms with van der Waals surface area (Å²) in [6.45, 7) is 7.93. The molecule has 0 bridgehead atoms. The zero-order valence-corrected chi connectivity index (χ0v) is 13.4. The van der Waals surface area contributed by atoms with Gasteiger partial charge in [-0.25, -0.2) is 0 Å². The van der Waals surface area contributed by atoms with Crippen LogP contribution in [0.2, 0.25) is 0 Å². The molecule has 5 nitrogen and oxygen atoms in total. The molecule has 1 aliphatic rings. The van der Waals surface area contributed by atoms with E-state index in [1.807, 2.05) is 27.7 Å². The van der Waals surface area contributed by atoms with Crippen molar-refractivity contribution in [1.29, 1.82) is 0 Å². The largest absolute Gasteiger partial charge is 0.498 e. The Morgan fingerprint density at radius 3 is 1.95 bits per heavy atom. The van der Waals surface area contributed by atoms with Crippen LogP contribution < -0.4 is 14.9 Å². The highest BCUT2D eigenvalue weighted by Crippen LogP contribution is 2.38. The fourth-order valence-corrected chi connectivity index (χ4v) is 2.26.